The lowest BCUT2D eigenvalue weighted by molar-refractivity contribution is 0.340. The van der Waals surface area contributed by atoms with E-state index < -0.39 is 0 Å². The van der Waals surface area contributed by atoms with Crippen molar-refractivity contribution in [2.24, 2.45) is 0 Å². The third kappa shape index (κ3) is 5.14. The molecule has 0 radical (unpaired) electrons. The van der Waals surface area contributed by atoms with Crippen LogP contribution < -0.4 is 10.1 Å². The van der Waals surface area contributed by atoms with Crippen molar-refractivity contribution in [3.63, 3.8) is 0 Å². The summed E-state index contributed by atoms with van der Waals surface area (Å²) in [6, 6.07) is 8.13. The molecule has 2 rings (SSSR count). The Balaban J connectivity index is 1.96. The first-order valence-electron chi connectivity index (χ1n) is 7.40. The monoisotopic (exact) mass is 304 g/mol. The van der Waals surface area contributed by atoms with Crippen LogP contribution in [0.2, 0.25) is 0 Å². The molecule has 4 heteroatoms. The molecule has 0 amide bonds. The van der Waals surface area contributed by atoms with Gasteiger partial charge in [0.2, 0.25) is 0 Å². The highest BCUT2D eigenvalue weighted by Crippen LogP contribution is 2.24. The lowest BCUT2D eigenvalue weighted by atomic mass is 10.1. The van der Waals surface area contributed by atoms with Crippen LogP contribution in [0.4, 0.5) is 0 Å². The summed E-state index contributed by atoms with van der Waals surface area (Å²) in [6.45, 7) is 10.2. The van der Waals surface area contributed by atoms with Crippen LogP contribution in [0.3, 0.4) is 0 Å². The van der Waals surface area contributed by atoms with E-state index in [4.69, 9.17) is 9.72 Å². The van der Waals surface area contributed by atoms with Crippen molar-refractivity contribution in [2.75, 3.05) is 13.2 Å². The highest BCUT2D eigenvalue weighted by molar-refractivity contribution is 7.09. The summed E-state index contributed by atoms with van der Waals surface area (Å²) in [5.74, 6) is 0.908. The Morgan fingerprint density at radius 3 is 2.52 bits per heavy atom. The number of rotatable bonds is 6. The molecule has 1 N–H and O–H groups in total. The van der Waals surface area contributed by atoms with E-state index in [1.807, 2.05) is 19.1 Å². The van der Waals surface area contributed by atoms with Gasteiger partial charge in [-0.1, -0.05) is 0 Å². The van der Waals surface area contributed by atoms with E-state index in [1.165, 1.54) is 5.01 Å². The Hall–Kier alpha value is -1.39. The molecule has 114 valence electrons. The standard InChI is InChI=1S/C17H24N2OS/c1-5-20-14-8-6-13(7-9-14)15-12-21-16(19-15)10-11-18-17(2,3)4/h6-9,12,18H,5,10-11H2,1-4H3. The maximum atomic E-state index is 5.46. The second-order valence-electron chi connectivity index (χ2n) is 6.01. The summed E-state index contributed by atoms with van der Waals surface area (Å²) in [4.78, 5) is 4.71. The number of nitrogens with one attached hydrogen (secondary N) is 1. The molecule has 0 atom stereocenters. The molecule has 0 aliphatic heterocycles. The molecule has 0 aliphatic rings. The molecule has 21 heavy (non-hydrogen) atoms. The van der Waals surface area contributed by atoms with Crippen LogP contribution in [0, 0.1) is 0 Å². The van der Waals surface area contributed by atoms with Crippen LogP contribution in [0.5, 0.6) is 5.75 Å². The van der Waals surface area contributed by atoms with Gasteiger partial charge in [0.05, 0.1) is 17.3 Å². The first kappa shape index (κ1) is 16.0. The van der Waals surface area contributed by atoms with Crippen LogP contribution in [0.25, 0.3) is 11.3 Å². The molecule has 0 fully saturated rings. The molecule has 0 bridgehead atoms. The topological polar surface area (TPSA) is 34.1 Å². The van der Waals surface area contributed by atoms with E-state index in [0.29, 0.717) is 6.61 Å². The number of hydrogen-bond acceptors (Lipinski definition) is 4. The summed E-state index contributed by atoms with van der Waals surface area (Å²) in [6.07, 6.45) is 0.971. The number of aromatic nitrogens is 1. The van der Waals surface area contributed by atoms with Gasteiger partial charge in [0.15, 0.2) is 0 Å². The maximum absolute atomic E-state index is 5.46. The lowest BCUT2D eigenvalue weighted by Gasteiger charge is -2.19. The largest absolute Gasteiger partial charge is 0.494 e. The fraction of sp³-hybridized carbons (Fsp3) is 0.471. The fourth-order valence-corrected chi connectivity index (χ4v) is 2.80. The van der Waals surface area contributed by atoms with E-state index in [1.54, 1.807) is 11.3 Å². The molecular weight excluding hydrogens is 280 g/mol. The number of benzene rings is 1. The van der Waals surface area contributed by atoms with E-state index in [0.717, 1.165) is 30.0 Å². The molecule has 1 heterocycles. The molecule has 3 nitrogen and oxygen atoms in total. The Bertz CT molecular complexity index is 555. The number of ether oxygens (including phenoxy) is 1. The normalized spacial score (nSPS) is 11.6. The minimum atomic E-state index is 0.162. The zero-order valence-electron chi connectivity index (χ0n) is 13.3. The lowest BCUT2D eigenvalue weighted by Crippen LogP contribution is -2.37. The van der Waals surface area contributed by atoms with Gasteiger partial charge in [-0.15, -0.1) is 11.3 Å². The smallest absolute Gasteiger partial charge is 0.119 e. The Morgan fingerprint density at radius 2 is 1.90 bits per heavy atom. The molecule has 1 aromatic carbocycles. The van der Waals surface area contributed by atoms with E-state index in [2.05, 4.69) is 43.6 Å². The van der Waals surface area contributed by atoms with Gasteiger partial charge in [-0.05, 0) is 52.0 Å². The average Bonchev–Trinajstić information content (AvgIpc) is 2.87. The van der Waals surface area contributed by atoms with E-state index in [9.17, 15) is 0 Å². The molecule has 0 saturated carbocycles. The van der Waals surface area contributed by atoms with E-state index >= 15 is 0 Å². The van der Waals surface area contributed by atoms with Gasteiger partial charge in [0, 0.05) is 29.4 Å². The Morgan fingerprint density at radius 1 is 1.19 bits per heavy atom. The Labute approximate surface area is 131 Å². The minimum absolute atomic E-state index is 0.162. The summed E-state index contributed by atoms with van der Waals surface area (Å²) in [5.41, 5.74) is 2.35. The number of hydrogen-bond donors (Lipinski definition) is 1. The SMILES string of the molecule is CCOc1ccc(-c2csc(CCNC(C)(C)C)n2)cc1. The summed E-state index contributed by atoms with van der Waals surface area (Å²) >= 11 is 1.73. The van der Waals surface area contributed by atoms with Crippen molar-refractivity contribution < 1.29 is 4.74 Å². The summed E-state index contributed by atoms with van der Waals surface area (Å²) in [5, 5.41) is 6.79. The van der Waals surface area contributed by atoms with Crippen molar-refractivity contribution in [1.29, 1.82) is 0 Å². The number of thiazole rings is 1. The zero-order chi connectivity index (χ0) is 15.3. The maximum Gasteiger partial charge on any atom is 0.119 e. The second kappa shape index (κ2) is 7.05. The highest BCUT2D eigenvalue weighted by atomic mass is 32.1. The molecule has 0 unspecified atom stereocenters. The van der Waals surface area contributed by atoms with Gasteiger partial charge >= 0.3 is 0 Å². The molecule has 0 saturated heterocycles. The van der Waals surface area contributed by atoms with Crippen LogP contribution in [-0.2, 0) is 6.42 Å². The molecule has 0 spiro atoms. The van der Waals surface area contributed by atoms with Gasteiger partial charge in [-0.25, -0.2) is 4.98 Å². The highest BCUT2D eigenvalue weighted by Gasteiger charge is 2.09. The van der Waals surface area contributed by atoms with Crippen molar-refractivity contribution in [1.82, 2.24) is 10.3 Å². The third-order valence-electron chi connectivity index (χ3n) is 3.01. The average molecular weight is 304 g/mol. The van der Waals surface area contributed by atoms with Crippen LogP contribution >= 0.6 is 11.3 Å². The van der Waals surface area contributed by atoms with Crippen molar-refractivity contribution in [3.05, 3.63) is 34.7 Å². The van der Waals surface area contributed by atoms with Crippen LogP contribution in [0.15, 0.2) is 29.6 Å². The van der Waals surface area contributed by atoms with Crippen LogP contribution in [-0.4, -0.2) is 23.7 Å². The zero-order valence-corrected chi connectivity index (χ0v) is 14.1. The van der Waals surface area contributed by atoms with Gasteiger partial charge in [0.25, 0.3) is 0 Å². The van der Waals surface area contributed by atoms with Gasteiger partial charge < -0.3 is 10.1 Å². The predicted octanol–water partition coefficient (Wildman–Crippen LogP) is 4.14. The number of nitrogens with zero attached hydrogens (tertiary/aromatic N) is 1. The van der Waals surface area contributed by atoms with Crippen molar-refractivity contribution in [2.45, 2.75) is 39.7 Å². The van der Waals surface area contributed by atoms with Gasteiger partial charge in [0.1, 0.15) is 5.75 Å². The third-order valence-corrected chi connectivity index (χ3v) is 3.92. The minimum Gasteiger partial charge on any atom is -0.494 e. The predicted molar refractivity (Wildman–Crippen MR) is 90.2 cm³/mol. The molecule has 1 aromatic heterocycles. The van der Waals surface area contributed by atoms with Crippen molar-refractivity contribution >= 4 is 11.3 Å². The fourth-order valence-electron chi connectivity index (χ4n) is 1.99. The van der Waals surface area contributed by atoms with Gasteiger partial charge in [-0.2, -0.15) is 0 Å². The van der Waals surface area contributed by atoms with Crippen molar-refractivity contribution in [3.8, 4) is 17.0 Å². The first-order chi connectivity index (χ1) is 9.98. The van der Waals surface area contributed by atoms with Crippen LogP contribution in [0.1, 0.15) is 32.7 Å². The molecule has 0 aliphatic carbocycles. The quantitative estimate of drug-likeness (QED) is 0.871. The second-order valence-corrected chi connectivity index (χ2v) is 6.95. The van der Waals surface area contributed by atoms with Gasteiger partial charge in [-0.3, -0.25) is 0 Å². The first-order valence-corrected chi connectivity index (χ1v) is 8.28. The molecule has 2 aromatic rings. The van der Waals surface area contributed by atoms with E-state index in [-0.39, 0.29) is 5.54 Å². The summed E-state index contributed by atoms with van der Waals surface area (Å²) < 4.78 is 5.46. The molecular formula is C17H24N2OS. The summed E-state index contributed by atoms with van der Waals surface area (Å²) in [7, 11) is 0. The Kier molecular flexibility index (Phi) is 5.37.